The van der Waals surface area contributed by atoms with Crippen LogP contribution in [0, 0.1) is 13.8 Å². The highest BCUT2D eigenvalue weighted by atomic mass is 16.4. The van der Waals surface area contributed by atoms with Gasteiger partial charge in [-0.3, -0.25) is 4.79 Å². The van der Waals surface area contributed by atoms with E-state index in [9.17, 15) is 4.79 Å². The van der Waals surface area contributed by atoms with Crippen molar-refractivity contribution in [3.8, 4) is 0 Å². The molecule has 0 aromatic carbocycles. The summed E-state index contributed by atoms with van der Waals surface area (Å²) in [4.78, 5) is 9.31. The molecule has 0 saturated heterocycles. The van der Waals surface area contributed by atoms with E-state index in [2.05, 4.69) is 20.8 Å². The van der Waals surface area contributed by atoms with E-state index in [0.717, 1.165) is 6.42 Å². The minimum absolute atomic E-state index is 0.0278. The van der Waals surface area contributed by atoms with E-state index in [1.165, 1.54) is 6.42 Å². The van der Waals surface area contributed by atoms with Crippen molar-refractivity contribution in [2.24, 2.45) is 0 Å². The highest BCUT2D eigenvalue weighted by molar-refractivity contribution is 5.67. The molecule has 0 aliphatic heterocycles. The van der Waals surface area contributed by atoms with E-state index in [0.29, 0.717) is 0 Å². The van der Waals surface area contributed by atoms with Gasteiger partial charge in [0, 0.05) is 6.42 Å². The van der Waals surface area contributed by atoms with Gasteiger partial charge in [0.15, 0.2) is 0 Å². The molecule has 0 aliphatic rings. The fourth-order valence-corrected chi connectivity index (χ4v) is 0. The minimum atomic E-state index is -0.856. The number of hydrogen-bond donors (Lipinski definition) is 1. The second-order valence-corrected chi connectivity index (χ2v) is 1.50. The molecule has 0 amide bonds. The molecule has 0 aromatic rings. The zero-order valence-corrected chi connectivity index (χ0v) is 5.89. The average Bonchev–Trinajstić information content (AvgIpc) is 1.89. The zero-order valence-electron chi connectivity index (χ0n) is 5.89. The zero-order chi connectivity index (χ0) is 7.70. The quantitative estimate of drug-likeness (QED) is 0.620. The summed E-state index contributed by atoms with van der Waals surface area (Å²) < 4.78 is 0. The van der Waals surface area contributed by atoms with E-state index in [4.69, 9.17) is 5.11 Å². The summed E-state index contributed by atoms with van der Waals surface area (Å²) >= 11 is 0. The molecule has 0 aliphatic carbocycles. The molecule has 0 fully saturated rings. The fourth-order valence-electron chi connectivity index (χ4n) is 0. The van der Waals surface area contributed by atoms with Gasteiger partial charge in [0.2, 0.25) is 0 Å². The number of rotatable bonds is 2. The van der Waals surface area contributed by atoms with Gasteiger partial charge in [-0.1, -0.05) is 26.7 Å². The van der Waals surface area contributed by atoms with Crippen molar-refractivity contribution in [2.75, 3.05) is 0 Å². The Morgan fingerprint density at radius 2 is 1.78 bits per heavy atom. The first-order valence-corrected chi connectivity index (χ1v) is 2.99. The van der Waals surface area contributed by atoms with Crippen LogP contribution in [0.5, 0.6) is 0 Å². The summed E-state index contributed by atoms with van der Waals surface area (Å²) in [6.45, 7) is 8.81. The van der Waals surface area contributed by atoms with Crippen LogP contribution in [0.3, 0.4) is 0 Å². The number of carbonyl (C=O) groups is 1. The summed E-state index contributed by atoms with van der Waals surface area (Å²) in [7, 11) is 0. The van der Waals surface area contributed by atoms with Gasteiger partial charge in [0.1, 0.15) is 0 Å². The molecule has 0 heterocycles. The molecule has 0 atom stereocenters. The lowest BCUT2D eigenvalue weighted by Gasteiger charge is -1.71. The Hall–Kier alpha value is -0.530. The first-order valence-electron chi connectivity index (χ1n) is 2.99. The maximum absolute atomic E-state index is 9.31. The first-order chi connectivity index (χ1) is 4.18. The Balaban J connectivity index is 0. The molecular formula is C7H14O2. The molecule has 2 nitrogen and oxygen atoms in total. The van der Waals surface area contributed by atoms with Gasteiger partial charge in [-0.05, 0) is 6.92 Å². The normalized spacial score (nSPS) is 7.44. The third-order valence-corrected chi connectivity index (χ3v) is 0.567. The standard InChI is InChI=1S/C4H9.C3H5O2/c1-3-4-2;1-2-3(4)5/h1,3-4H2,2H3;1-2H2,(H,4,5). The molecule has 9 heavy (non-hydrogen) atoms. The summed E-state index contributed by atoms with van der Waals surface area (Å²) in [6.07, 6.45) is 2.25. The van der Waals surface area contributed by atoms with Crippen molar-refractivity contribution in [2.45, 2.75) is 26.2 Å². The minimum Gasteiger partial charge on any atom is -0.481 e. The van der Waals surface area contributed by atoms with Crippen molar-refractivity contribution in [1.82, 2.24) is 0 Å². The lowest BCUT2D eigenvalue weighted by Crippen LogP contribution is -1.87. The largest absolute Gasteiger partial charge is 0.481 e. The Kier molecular flexibility index (Phi) is 13.1. The number of unbranched alkanes of at least 4 members (excludes halogenated alkanes) is 1. The SMILES string of the molecule is [CH2]CC(=O)O.[CH2]CCC. The molecule has 2 heteroatoms. The summed E-state index contributed by atoms with van der Waals surface area (Å²) in [5.74, 6) is -0.856. The topological polar surface area (TPSA) is 37.3 Å². The lowest BCUT2D eigenvalue weighted by molar-refractivity contribution is -0.136. The van der Waals surface area contributed by atoms with Crippen LogP contribution in [0.4, 0.5) is 0 Å². The summed E-state index contributed by atoms with van der Waals surface area (Å²) in [5.41, 5.74) is 0. The van der Waals surface area contributed by atoms with Crippen LogP contribution >= 0.6 is 0 Å². The molecular weight excluding hydrogens is 116 g/mol. The molecule has 0 aromatic heterocycles. The highest BCUT2D eigenvalue weighted by Gasteiger charge is 1.81. The number of carboxylic acid groups (broad SMARTS) is 1. The van der Waals surface area contributed by atoms with Crippen LogP contribution in [-0.2, 0) is 4.79 Å². The van der Waals surface area contributed by atoms with Gasteiger partial charge in [-0.25, -0.2) is 0 Å². The molecule has 1 N–H and O–H groups in total. The highest BCUT2D eigenvalue weighted by Crippen LogP contribution is 1.76. The maximum atomic E-state index is 9.31. The molecule has 54 valence electrons. The van der Waals surface area contributed by atoms with Crippen LogP contribution in [0.1, 0.15) is 26.2 Å². The van der Waals surface area contributed by atoms with Gasteiger partial charge in [-0.2, -0.15) is 0 Å². The van der Waals surface area contributed by atoms with Crippen LogP contribution in [0.25, 0.3) is 0 Å². The van der Waals surface area contributed by atoms with Crippen LogP contribution in [0.15, 0.2) is 0 Å². The predicted octanol–water partition coefficient (Wildman–Crippen LogP) is 1.92. The molecule has 0 saturated carbocycles. The molecule has 0 rings (SSSR count). The van der Waals surface area contributed by atoms with Crippen molar-refractivity contribution in [3.63, 3.8) is 0 Å². The molecule has 2 radical (unpaired) electrons. The fraction of sp³-hybridized carbons (Fsp3) is 0.571. The lowest BCUT2D eigenvalue weighted by atomic mass is 10.4. The average molecular weight is 130 g/mol. The van der Waals surface area contributed by atoms with Gasteiger partial charge in [0.25, 0.3) is 0 Å². The van der Waals surface area contributed by atoms with Gasteiger partial charge in [-0.15, -0.1) is 0 Å². The second kappa shape index (κ2) is 10.5. The number of hydrogen-bond acceptors (Lipinski definition) is 1. The number of aliphatic carboxylic acids is 1. The van der Waals surface area contributed by atoms with Crippen molar-refractivity contribution in [3.05, 3.63) is 13.8 Å². The molecule has 0 bridgehead atoms. The van der Waals surface area contributed by atoms with E-state index in [-0.39, 0.29) is 6.42 Å². The Morgan fingerprint density at radius 3 is 1.78 bits per heavy atom. The summed E-state index contributed by atoms with van der Waals surface area (Å²) in [5, 5.41) is 7.66. The first kappa shape index (κ1) is 11.3. The van der Waals surface area contributed by atoms with Crippen LogP contribution < -0.4 is 0 Å². The Morgan fingerprint density at radius 1 is 1.56 bits per heavy atom. The Labute approximate surface area is 56.9 Å². The van der Waals surface area contributed by atoms with Crippen molar-refractivity contribution in [1.29, 1.82) is 0 Å². The van der Waals surface area contributed by atoms with E-state index in [1.54, 1.807) is 0 Å². The molecule has 0 unspecified atom stereocenters. The monoisotopic (exact) mass is 130 g/mol. The third kappa shape index (κ3) is 36.6. The summed E-state index contributed by atoms with van der Waals surface area (Å²) in [6, 6.07) is 0. The van der Waals surface area contributed by atoms with Crippen molar-refractivity contribution < 1.29 is 9.90 Å². The van der Waals surface area contributed by atoms with E-state index < -0.39 is 5.97 Å². The van der Waals surface area contributed by atoms with E-state index >= 15 is 0 Å². The third-order valence-electron chi connectivity index (χ3n) is 0.567. The van der Waals surface area contributed by atoms with E-state index in [1.807, 2.05) is 0 Å². The molecule has 0 spiro atoms. The van der Waals surface area contributed by atoms with Gasteiger partial charge >= 0.3 is 5.97 Å². The Bertz CT molecular complexity index is 57.9. The van der Waals surface area contributed by atoms with Crippen LogP contribution in [-0.4, -0.2) is 11.1 Å². The van der Waals surface area contributed by atoms with Crippen LogP contribution in [0.2, 0.25) is 0 Å². The van der Waals surface area contributed by atoms with Gasteiger partial charge in [0.05, 0.1) is 0 Å². The maximum Gasteiger partial charge on any atom is 0.303 e. The predicted molar refractivity (Wildman–Crippen MR) is 37.9 cm³/mol. The second-order valence-electron chi connectivity index (χ2n) is 1.50. The van der Waals surface area contributed by atoms with Gasteiger partial charge < -0.3 is 5.11 Å². The van der Waals surface area contributed by atoms with Crippen molar-refractivity contribution >= 4 is 5.97 Å². The number of carboxylic acids is 1. The smallest absolute Gasteiger partial charge is 0.303 e.